The van der Waals surface area contributed by atoms with Crippen LogP contribution in [0.15, 0.2) is 0 Å². The maximum Gasteiger partial charge on any atom is 0.0470 e. The van der Waals surface area contributed by atoms with Crippen LogP contribution in [-0.4, -0.2) is 54.1 Å². The van der Waals surface area contributed by atoms with E-state index in [0.29, 0.717) is 0 Å². The Morgan fingerprint density at radius 1 is 1.33 bits per heavy atom. The van der Waals surface area contributed by atoms with Crippen LogP contribution in [0.25, 0.3) is 0 Å². The van der Waals surface area contributed by atoms with E-state index in [1.807, 2.05) is 0 Å². The molecule has 0 aromatic heterocycles. The summed E-state index contributed by atoms with van der Waals surface area (Å²) in [5, 5.41) is 0. The quantitative estimate of drug-likeness (QED) is 0.733. The maximum atomic E-state index is 6.04. The Hall–Kier alpha value is -0.120. The van der Waals surface area contributed by atoms with Crippen LogP contribution in [0.2, 0.25) is 0 Å². The van der Waals surface area contributed by atoms with Gasteiger partial charge in [0.25, 0.3) is 0 Å². The number of hydrogen-bond acceptors (Lipinski definition) is 3. The molecule has 1 heterocycles. The summed E-state index contributed by atoms with van der Waals surface area (Å²) in [5.74, 6) is 0. The summed E-state index contributed by atoms with van der Waals surface area (Å²) in [6, 6.07) is 0.897. The highest BCUT2D eigenvalue weighted by atomic mass is 15.3. The van der Waals surface area contributed by atoms with Crippen LogP contribution in [0.5, 0.6) is 0 Å². The van der Waals surface area contributed by atoms with E-state index < -0.39 is 0 Å². The predicted molar refractivity (Wildman–Crippen MR) is 63.9 cm³/mol. The molecule has 1 aliphatic heterocycles. The minimum absolute atomic E-state index is 0.284. The lowest BCUT2D eigenvalue weighted by Gasteiger charge is -2.39. The second kappa shape index (κ2) is 4.40. The molecule has 15 heavy (non-hydrogen) atoms. The molecule has 0 aromatic rings. The summed E-state index contributed by atoms with van der Waals surface area (Å²) in [6.45, 7) is 10.0. The largest absolute Gasteiger partial charge is 0.329 e. The number of likely N-dealkylation sites (N-methyl/N-ethyl adjacent to an activating group) is 1. The molecule has 0 amide bonds. The van der Waals surface area contributed by atoms with Crippen molar-refractivity contribution in [3.63, 3.8) is 0 Å². The van der Waals surface area contributed by atoms with Gasteiger partial charge in [-0.2, -0.15) is 0 Å². The van der Waals surface area contributed by atoms with Gasteiger partial charge in [-0.25, -0.2) is 0 Å². The van der Waals surface area contributed by atoms with Gasteiger partial charge in [-0.05, 0) is 32.4 Å². The van der Waals surface area contributed by atoms with E-state index >= 15 is 0 Å². The first-order valence-corrected chi connectivity index (χ1v) is 6.45. The maximum absolute atomic E-state index is 6.04. The van der Waals surface area contributed by atoms with E-state index in [4.69, 9.17) is 5.73 Å². The molecule has 0 spiro atoms. The average Bonchev–Trinajstić information content (AvgIpc) is 3.02. The second-order valence-corrected chi connectivity index (χ2v) is 5.05. The Morgan fingerprint density at radius 2 is 2.00 bits per heavy atom. The van der Waals surface area contributed by atoms with Gasteiger partial charge in [0.1, 0.15) is 0 Å². The van der Waals surface area contributed by atoms with Crippen molar-refractivity contribution in [2.24, 2.45) is 5.73 Å². The fourth-order valence-corrected chi connectivity index (χ4v) is 3.09. The van der Waals surface area contributed by atoms with Crippen molar-refractivity contribution in [1.82, 2.24) is 9.80 Å². The zero-order valence-electron chi connectivity index (χ0n) is 10.2. The number of likely N-dealkylation sites (tertiary alicyclic amines) is 1. The van der Waals surface area contributed by atoms with Gasteiger partial charge in [0.05, 0.1) is 0 Å². The Kier molecular flexibility index (Phi) is 3.33. The Bertz CT molecular complexity index is 211. The lowest BCUT2D eigenvalue weighted by Crippen LogP contribution is -2.55. The molecule has 1 unspecified atom stereocenters. The highest BCUT2D eigenvalue weighted by molar-refractivity contribution is 5.03. The van der Waals surface area contributed by atoms with Crippen LogP contribution < -0.4 is 5.73 Å². The number of hydrogen-bond donors (Lipinski definition) is 1. The van der Waals surface area contributed by atoms with Crippen LogP contribution in [0.4, 0.5) is 0 Å². The van der Waals surface area contributed by atoms with Crippen LogP contribution in [0, 0.1) is 0 Å². The molecule has 0 aromatic carbocycles. The van der Waals surface area contributed by atoms with E-state index in [0.717, 1.165) is 25.7 Å². The van der Waals surface area contributed by atoms with Crippen molar-refractivity contribution in [1.29, 1.82) is 0 Å². The van der Waals surface area contributed by atoms with Crippen molar-refractivity contribution in [2.75, 3.05) is 32.7 Å². The SMILES string of the molecule is CCN(CC)C1(CN)CCN(C2CC2)C1. The molecule has 1 saturated carbocycles. The van der Waals surface area contributed by atoms with Gasteiger partial charge < -0.3 is 5.73 Å². The van der Waals surface area contributed by atoms with Crippen molar-refractivity contribution < 1.29 is 0 Å². The van der Waals surface area contributed by atoms with E-state index in [2.05, 4.69) is 23.6 Å². The number of nitrogens with zero attached hydrogens (tertiary/aromatic N) is 2. The minimum Gasteiger partial charge on any atom is -0.329 e. The molecule has 3 nitrogen and oxygen atoms in total. The van der Waals surface area contributed by atoms with Gasteiger partial charge in [-0.15, -0.1) is 0 Å². The van der Waals surface area contributed by atoms with Gasteiger partial charge in [0.15, 0.2) is 0 Å². The monoisotopic (exact) mass is 211 g/mol. The Morgan fingerprint density at radius 3 is 2.47 bits per heavy atom. The minimum atomic E-state index is 0.284. The van der Waals surface area contributed by atoms with E-state index in [9.17, 15) is 0 Å². The molecule has 1 aliphatic carbocycles. The van der Waals surface area contributed by atoms with Crippen molar-refractivity contribution in [3.05, 3.63) is 0 Å². The zero-order chi connectivity index (χ0) is 10.9. The molecule has 88 valence electrons. The van der Waals surface area contributed by atoms with E-state index in [1.165, 1.54) is 32.4 Å². The first-order chi connectivity index (χ1) is 7.25. The normalized spacial score (nSPS) is 32.8. The van der Waals surface area contributed by atoms with Crippen molar-refractivity contribution in [2.45, 2.75) is 44.7 Å². The smallest absolute Gasteiger partial charge is 0.0470 e. The van der Waals surface area contributed by atoms with E-state index in [1.54, 1.807) is 0 Å². The Balaban J connectivity index is 2.02. The summed E-state index contributed by atoms with van der Waals surface area (Å²) < 4.78 is 0. The van der Waals surface area contributed by atoms with Gasteiger partial charge in [-0.1, -0.05) is 13.8 Å². The van der Waals surface area contributed by atoms with Gasteiger partial charge in [0.2, 0.25) is 0 Å². The molecule has 2 N–H and O–H groups in total. The molecule has 2 fully saturated rings. The summed E-state index contributed by atoms with van der Waals surface area (Å²) in [6.07, 6.45) is 4.10. The lowest BCUT2D eigenvalue weighted by molar-refractivity contribution is 0.110. The number of rotatable bonds is 5. The van der Waals surface area contributed by atoms with Crippen molar-refractivity contribution in [3.8, 4) is 0 Å². The summed E-state index contributed by atoms with van der Waals surface area (Å²) in [5.41, 5.74) is 6.32. The van der Waals surface area contributed by atoms with Crippen LogP contribution in [-0.2, 0) is 0 Å². The third-order valence-electron chi connectivity index (χ3n) is 4.24. The summed E-state index contributed by atoms with van der Waals surface area (Å²) in [4.78, 5) is 5.22. The predicted octanol–water partition coefficient (Wildman–Crippen LogP) is 0.894. The second-order valence-electron chi connectivity index (χ2n) is 5.05. The molecule has 0 bridgehead atoms. The number of nitrogens with two attached hydrogens (primary N) is 1. The molecule has 2 aliphatic rings. The van der Waals surface area contributed by atoms with Crippen molar-refractivity contribution >= 4 is 0 Å². The fraction of sp³-hybridized carbons (Fsp3) is 1.00. The molecule has 2 rings (SSSR count). The molecule has 3 heteroatoms. The van der Waals surface area contributed by atoms with Gasteiger partial charge in [-0.3, -0.25) is 9.80 Å². The highest BCUT2D eigenvalue weighted by Crippen LogP contribution is 2.35. The topological polar surface area (TPSA) is 32.5 Å². The standard InChI is InChI=1S/C12H25N3/c1-3-15(4-2)12(9-13)7-8-14(10-12)11-5-6-11/h11H,3-10,13H2,1-2H3. The first kappa shape index (κ1) is 11.4. The first-order valence-electron chi connectivity index (χ1n) is 6.45. The van der Waals surface area contributed by atoms with E-state index in [-0.39, 0.29) is 5.54 Å². The molecule has 0 radical (unpaired) electrons. The highest BCUT2D eigenvalue weighted by Gasteiger charge is 2.44. The third kappa shape index (κ3) is 2.05. The lowest BCUT2D eigenvalue weighted by atomic mass is 9.96. The summed E-state index contributed by atoms with van der Waals surface area (Å²) in [7, 11) is 0. The van der Waals surface area contributed by atoms with Crippen LogP contribution >= 0.6 is 0 Å². The molecule has 1 saturated heterocycles. The molecular weight excluding hydrogens is 186 g/mol. The van der Waals surface area contributed by atoms with Gasteiger partial charge in [0, 0.05) is 31.2 Å². The molecule has 1 atom stereocenters. The average molecular weight is 211 g/mol. The Labute approximate surface area is 93.6 Å². The molecular formula is C12H25N3. The van der Waals surface area contributed by atoms with Gasteiger partial charge >= 0.3 is 0 Å². The third-order valence-corrected chi connectivity index (χ3v) is 4.24. The fourth-order valence-electron chi connectivity index (χ4n) is 3.09. The summed E-state index contributed by atoms with van der Waals surface area (Å²) >= 11 is 0. The van der Waals surface area contributed by atoms with Crippen LogP contribution in [0.3, 0.4) is 0 Å². The zero-order valence-corrected chi connectivity index (χ0v) is 10.2. The van der Waals surface area contributed by atoms with Crippen LogP contribution in [0.1, 0.15) is 33.1 Å².